The van der Waals surface area contributed by atoms with Crippen LogP contribution in [0.25, 0.3) is 11.2 Å². The maximum Gasteiger partial charge on any atom is 0.278 e. The molecule has 2 aromatic heterocycles. The summed E-state index contributed by atoms with van der Waals surface area (Å²) in [7, 11) is 0. The molecule has 3 aromatic rings. The standard InChI is InChI=1S/C12H10FN5O/c13-7-3-1-2-6(4-7)5-8-15-9-10(16-8)17-12(14)18-11(9)19/h1-4H,5H2,(H4,14,15,16,17,18,19). The van der Waals surface area contributed by atoms with Crippen molar-refractivity contribution in [3.8, 4) is 0 Å². The third-order valence-corrected chi connectivity index (χ3v) is 2.69. The first-order valence-corrected chi connectivity index (χ1v) is 5.60. The summed E-state index contributed by atoms with van der Waals surface area (Å²) >= 11 is 0. The lowest BCUT2D eigenvalue weighted by Gasteiger charge is -1.97. The lowest BCUT2D eigenvalue weighted by atomic mass is 10.1. The number of hydrogen-bond donors (Lipinski definition) is 3. The first kappa shape index (κ1) is 11.4. The lowest BCUT2D eigenvalue weighted by molar-refractivity contribution is 0.626. The maximum absolute atomic E-state index is 13.1. The molecule has 0 amide bonds. The van der Waals surface area contributed by atoms with E-state index in [4.69, 9.17) is 5.73 Å². The summed E-state index contributed by atoms with van der Waals surface area (Å²) < 4.78 is 13.1. The van der Waals surface area contributed by atoms with Gasteiger partial charge in [-0.05, 0) is 17.7 Å². The molecule has 0 saturated carbocycles. The molecular formula is C12H10FN5O. The zero-order chi connectivity index (χ0) is 13.4. The van der Waals surface area contributed by atoms with Gasteiger partial charge in [0.25, 0.3) is 5.56 Å². The number of rotatable bonds is 2. The van der Waals surface area contributed by atoms with E-state index >= 15 is 0 Å². The van der Waals surface area contributed by atoms with Gasteiger partial charge in [0.05, 0.1) is 0 Å². The number of nitrogen functional groups attached to an aromatic ring is 1. The summed E-state index contributed by atoms with van der Waals surface area (Å²) in [6.45, 7) is 0. The molecular weight excluding hydrogens is 249 g/mol. The van der Waals surface area contributed by atoms with Crippen LogP contribution < -0.4 is 11.3 Å². The molecule has 3 rings (SSSR count). The lowest BCUT2D eigenvalue weighted by Crippen LogP contribution is -2.10. The molecule has 0 aliphatic carbocycles. The summed E-state index contributed by atoms with van der Waals surface area (Å²) in [5.41, 5.74) is 6.34. The van der Waals surface area contributed by atoms with E-state index in [0.29, 0.717) is 12.2 Å². The third kappa shape index (κ3) is 2.17. The first-order chi connectivity index (χ1) is 9.11. The number of hydrogen-bond acceptors (Lipinski definition) is 4. The Morgan fingerprint density at radius 1 is 1.26 bits per heavy atom. The molecule has 0 bridgehead atoms. The van der Waals surface area contributed by atoms with Crippen LogP contribution in [0.3, 0.4) is 0 Å². The van der Waals surface area contributed by atoms with Gasteiger partial charge in [0.15, 0.2) is 11.2 Å². The Kier molecular flexibility index (Phi) is 2.52. The van der Waals surface area contributed by atoms with Crippen molar-refractivity contribution in [3.05, 3.63) is 51.8 Å². The predicted octanol–water partition coefficient (Wildman–Crippen LogP) is 0.958. The highest BCUT2D eigenvalue weighted by Gasteiger charge is 2.09. The smallest absolute Gasteiger partial charge is 0.278 e. The Morgan fingerprint density at radius 3 is 2.89 bits per heavy atom. The molecule has 0 radical (unpaired) electrons. The molecule has 96 valence electrons. The van der Waals surface area contributed by atoms with E-state index in [-0.39, 0.29) is 28.5 Å². The van der Waals surface area contributed by atoms with Crippen molar-refractivity contribution >= 4 is 17.1 Å². The normalized spacial score (nSPS) is 11.0. The fourth-order valence-corrected chi connectivity index (χ4v) is 1.90. The van der Waals surface area contributed by atoms with Crippen molar-refractivity contribution in [2.75, 3.05) is 5.73 Å². The van der Waals surface area contributed by atoms with Gasteiger partial charge in [-0.15, -0.1) is 0 Å². The SMILES string of the molecule is Nc1nc2nc(Cc3cccc(F)c3)[nH]c2c(=O)[nH]1. The molecule has 7 heteroatoms. The Bertz CT molecular complexity index is 807. The van der Waals surface area contributed by atoms with E-state index in [0.717, 1.165) is 5.56 Å². The number of benzene rings is 1. The number of fused-ring (bicyclic) bond motifs is 1. The summed E-state index contributed by atoms with van der Waals surface area (Å²) in [6, 6.07) is 6.19. The topological polar surface area (TPSA) is 100 Å². The van der Waals surface area contributed by atoms with E-state index < -0.39 is 0 Å². The van der Waals surface area contributed by atoms with Crippen LogP contribution in [-0.2, 0) is 6.42 Å². The van der Waals surface area contributed by atoms with Crippen molar-refractivity contribution in [3.63, 3.8) is 0 Å². The van der Waals surface area contributed by atoms with E-state index in [9.17, 15) is 9.18 Å². The minimum absolute atomic E-state index is 0.0151. The van der Waals surface area contributed by atoms with E-state index in [1.54, 1.807) is 12.1 Å². The molecule has 1 aromatic carbocycles. The number of nitrogens with zero attached hydrogens (tertiary/aromatic N) is 2. The molecule has 0 spiro atoms. The largest absolute Gasteiger partial charge is 0.369 e. The third-order valence-electron chi connectivity index (χ3n) is 2.69. The van der Waals surface area contributed by atoms with Crippen LogP contribution in [0.5, 0.6) is 0 Å². The molecule has 0 saturated heterocycles. The first-order valence-electron chi connectivity index (χ1n) is 5.60. The fraction of sp³-hybridized carbons (Fsp3) is 0.0833. The van der Waals surface area contributed by atoms with Crippen LogP contribution in [0.1, 0.15) is 11.4 Å². The quantitative estimate of drug-likeness (QED) is 0.638. The van der Waals surface area contributed by atoms with Gasteiger partial charge in [-0.2, -0.15) is 4.98 Å². The van der Waals surface area contributed by atoms with Gasteiger partial charge in [0, 0.05) is 6.42 Å². The van der Waals surface area contributed by atoms with E-state index in [1.165, 1.54) is 12.1 Å². The Hall–Kier alpha value is -2.70. The number of halogens is 1. The molecule has 19 heavy (non-hydrogen) atoms. The average Bonchev–Trinajstić information content (AvgIpc) is 2.71. The van der Waals surface area contributed by atoms with Crippen LogP contribution in [0.4, 0.5) is 10.3 Å². The summed E-state index contributed by atoms with van der Waals surface area (Å²) in [6.07, 6.45) is 0.382. The summed E-state index contributed by atoms with van der Waals surface area (Å²) in [5, 5.41) is 0. The van der Waals surface area contributed by atoms with Gasteiger partial charge in [-0.25, -0.2) is 9.37 Å². The van der Waals surface area contributed by atoms with Gasteiger partial charge < -0.3 is 10.7 Å². The highest BCUT2D eigenvalue weighted by atomic mass is 19.1. The Labute approximate surface area is 106 Å². The number of anilines is 1. The zero-order valence-corrected chi connectivity index (χ0v) is 9.77. The van der Waals surface area contributed by atoms with Crippen molar-refractivity contribution in [1.29, 1.82) is 0 Å². The summed E-state index contributed by atoms with van der Waals surface area (Å²) in [4.78, 5) is 24.9. The van der Waals surface area contributed by atoms with Gasteiger partial charge in [0.1, 0.15) is 11.6 Å². The number of nitrogens with one attached hydrogen (secondary N) is 2. The Balaban J connectivity index is 2.02. The highest BCUT2D eigenvalue weighted by molar-refractivity contribution is 5.70. The second-order valence-corrected chi connectivity index (χ2v) is 4.14. The molecule has 0 atom stereocenters. The molecule has 6 nitrogen and oxygen atoms in total. The van der Waals surface area contributed by atoms with Crippen molar-refractivity contribution in [1.82, 2.24) is 19.9 Å². The van der Waals surface area contributed by atoms with Crippen molar-refractivity contribution in [2.24, 2.45) is 0 Å². The summed E-state index contributed by atoms with van der Waals surface area (Å²) in [5.74, 6) is 0.235. The molecule has 0 aliphatic heterocycles. The van der Waals surface area contributed by atoms with Gasteiger partial charge in [-0.3, -0.25) is 9.78 Å². The second kappa shape index (κ2) is 4.20. The molecule has 0 unspecified atom stereocenters. The minimum atomic E-state index is -0.375. The number of aromatic nitrogens is 4. The fourth-order valence-electron chi connectivity index (χ4n) is 1.90. The van der Waals surface area contributed by atoms with Gasteiger partial charge in [-0.1, -0.05) is 12.1 Å². The second-order valence-electron chi connectivity index (χ2n) is 4.14. The van der Waals surface area contributed by atoms with Gasteiger partial charge in [0.2, 0.25) is 5.95 Å². The number of H-pyrrole nitrogens is 2. The van der Waals surface area contributed by atoms with Crippen LogP contribution >= 0.6 is 0 Å². The number of aromatic amines is 2. The van der Waals surface area contributed by atoms with Gasteiger partial charge >= 0.3 is 0 Å². The average molecular weight is 259 g/mol. The maximum atomic E-state index is 13.1. The van der Waals surface area contributed by atoms with E-state index in [2.05, 4.69) is 19.9 Å². The monoisotopic (exact) mass is 259 g/mol. The zero-order valence-electron chi connectivity index (χ0n) is 9.77. The minimum Gasteiger partial charge on any atom is -0.369 e. The van der Waals surface area contributed by atoms with Crippen molar-refractivity contribution < 1.29 is 4.39 Å². The predicted molar refractivity (Wildman–Crippen MR) is 68.1 cm³/mol. The number of nitrogens with two attached hydrogens (primary N) is 1. The molecule has 0 aliphatic rings. The number of imidazole rings is 1. The molecule has 4 N–H and O–H groups in total. The van der Waals surface area contributed by atoms with Crippen LogP contribution in [0.2, 0.25) is 0 Å². The van der Waals surface area contributed by atoms with Crippen molar-refractivity contribution in [2.45, 2.75) is 6.42 Å². The highest BCUT2D eigenvalue weighted by Crippen LogP contribution is 2.11. The van der Waals surface area contributed by atoms with Crippen LogP contribution in [0, 0.1) is 5.82 Å². The van der Waals surface area contributed by atoms with Crippen LogP contribution in [0.15, 0.2) is 29.1 Å². The Morgan fingerprint density at radius 2 is 2.11 bits per heavy atom. The molecule has 0 fully saturated rings. The van der Waals surface area contributed by atoms with Crippen LogP contribution in [-0.4, -0.2) is 19.9 Å². The van der Waals surface area contributed by atoms with E-state index in [1.807, 2.05) is 0 Å². The molecule has 2 heterocycles.